The molecule has 0 aliphatic carbocycles. The van der Waals surface area contributed by atoms with E-state index >= 15 is 0 Å². The average molecular weight is 340 g/mol. The molecule has 23 heavy (non-hydrogen) atoms. The van der Waals surface area contributed by atoms with Crippen molar-refractivity contribution in [2.75, 3.05) is 19.8 Å². The van der Waals surface area contributed by atoms with Crippen LogP contribution in [0.15, 0.2) is 17.5 Å². The molecule has 1 unspecified atom stereocenters. The molecule has 1 aliphatic rings. The number of hydrogen-bond acceptors (Lipinski definition) is 5. The van der Waals surface area contributed by atoms with Crippen LogP contribution >= 0.6 is 11.3 Å². The van der Waals surface area contributed by atoms with Crippen molar-refractivity contribution in [3.63, 3.8) is 0 Å². The largest absolute Gasteiger partial charge is 0.481 e. The van der Waals surface area contributed by atoms with E-state index in [4.69, 9.17) is 4.74 Å². The number of carbonyl (C=O) groups is 3. The summed E-state index contributed by atoms with van der Waals surface area (Å²) in [5.74, 6) is -1.65. The Morgan fingerprint density at radius 2 is 2.09 bits per heavy atom. The van der Waals surface area contributed by atoms with Crippen molar-refractivity contribution in [2.45, 2.75) is 25.8 Å². The normalized spacial score (nSPS) is 18.0. The summed E-state index contributed by atoms with van der Waals surface area (Å²) in [6, 6.07) is 2.69. The number of rotatable bonds is 6. The van der Waals surface area contributed by atoms with E-state index in [0.717, 1.165) is 0 Å². The maximum absolute atomic E-state index is 12.1. The van der Waals surface area contributed by atoms with Crippen LogP contribution in [0.5, 0.6) is 0 Å². The molecule has 2 rings (SSSR count). The summed E-state index contributed by atoms with van der Waals surface area (Å²) in [6.07, 6.45) is 0.719. The lowest BCUT2D eigenvalue weighted by atomic mass is 9.80. The van der Waals surface area contributed by atoms with E-state index in [1.54, 1.807) is 24.4 Å². The quantitative estimate of drug-likeness (QED) is 0.712. The minimum atomic E-state index is -0.995. The number of aliphatic carboxylic acids is 1. The average Bonchev–Trinajstić information content (AvgIpc) is 3.07. The molecule has 1 saturated heterocycles. The number of hydrogen-bond donors (Lipinski definition) is 3. The van der Waals surface area contributed by atoms with Crippen molar-refractivity contribution in [1.29, 1.82) is 0 Å². The molecule has 0 spiro atoms. The van der Waals surface area contributed by atoms with Gasteiger partial charge in [0.15, 0.2) is 0 Å². The molecule has 126 valence electrons. The van der Waals surface area contributed by atoms with Gasteiger partial charge in [-0.3, -0.25) is 14.4 Å². The fourth-order valence-electron chi connectivity index (χ4n) is 2.38. The Kier molecular flexibility index (Phi) is 5.73. The number of thiophene rings is 1. The van der Waals surface area contributed by atoms with E-state index in [9.17, 15) is 19.5 Å². The molecule has 1 aromatic rings. The number of ether oxygens (including phenoxy) is 1. The Morgan fingerprint density at radius 1 is 1.39 bits per heavy atom. The van der Waals surface area contributed by atoms with Gasteiger partial charge in [0, 0.05) is 19.8 Å². The van der Waals surface area contributed by atoms with Crippen molar-refractivity contribution in [2.24, 2.45) is 5.41 Å². The van der Waals surface area contributed by atoms with E-state index in [1.165, 1.54) is 11.3 Å². The fraction of sp³-hybridized carbons (Fsp3) is 0.533. The molecule has 1 atom stereocenters. The molecule has 0 bridgehead atoms. The molecular weight excluding hydrogens is 320 g/mol. The highest BCUT2D eigenvalue weighted by atomic mass is 32.1. The zero-order chi connectivity index (χ0) is 16.9. The van der Waals surface area contributed by atoms with Gasteiger partial charge in [0.25, 0.3) is 5.91 Å². The van der Waals surface area contributed by atoms with Crippen LogP contribution in [0.3, 0.4) is 0 Å². The second-order valence-electron chi connectivity index (χ2n) is 5.59. The summed E-state index contributed by atoms with van der Waals surface area (Å²) in [6.45, 7) is 2.33. The number of carbonyl (C=O) groups excluding carboxylic acids is 2. The summed E-state index contributed by atoms with van der Waals surface area (Å²) >= 11 is 1.29. The number of carboxylic acids is 1. The molecule has 1 fully saturated rings. The van der Waals surface area contributed by atoms with Gasteiger partial charge in [-0.05, 0) is 31.2 Å². The van der Waals surface area contributed by atoms with Gasteiger partial charge in [-0.1, -0.05) is 6.07 Å². The molecule has 2 amide bonds. The lowest BCUT2D eigenvalue weighted by Crippen LogP contribution is -2.51. The number of amides is 2. The van der Waals surface area contributed by atoms with Crippen LogP contribution in [0, 0.1) is 5.41 Å². The summed E-state index contributed by atoms with van der Waals surface area (Å²) in [7, 11) is 0. The third kappa shape index (κ3) is 4.29. The number of nitrogens with one attached hydrogen (secondary N) is 2. The molecule has 2 heterocycles. The zero-order valence-electron chi connectivity index (χ0n) is 12.8. The Balaban J connectivity index is 1.87. The molecule has 7 nitrogen and oxygen atoms in total. The molecule has 1 aliphatic heterocycles. The maximum Gasteiger partial charge on any atom is 0.311 e. The van der Waals surface area contributed by atoms with E-state index in [1.807, 2.05) is 0 Å². The standard InChI is InChI=1S/C15H20N2O5S/c1-10(17-13(19)11-3-2-8-23-11)12(18)16-9-15(14(20)21)4-6-22-7-5-15/h2-3,8,10H,4-7,9H2,1H3,(H,16,18)(H,17,19)(H,20,21). The van der Waals surface area contributed by atoms with Crippen LogP contribution in [-0.2, 0) is 14.3 Å². The fourth-order valence-corrected chi connectivity index (χ4v) is 3.01. The van der Waals surface area contributed by atoms with E-state index in [-0.39, 0.29) is 12.5 Å². The zero-order valence-corrected chi connectivity index (χ0v) is 13.6. The lowest BCUT2D eigenvalue weighted by Gasteiger charge is -2.33. The smallest absolute Gasteiger partial charge is 0.311 e. The van der Waals surface area contributed by atoms with Gasteiger partial charge < -0.3 is 20.5 Å². The van der Waals surface area contributed by atoms with Crippen LogP contribution in [0.25, 0.3) is 0 Å². The van der Waals surface area contributed by atoms with Crippen LogP contribution < -0.4 is 10.6 Å². The van der Waals surface area contributed by atoms with Gasteiger partial charge in [0.05, 0.1) is 10.3 Å². The monoisotopic (exact) mass is 340 g/mol. The van der Waals surface area contributed by atoms with Gasteiger partial charge in [-0.15, -0.1) is 11.3 Å². The SMILES string of the molecule is CC(NC(=O)c1cccs1)C(=O)NCC1(C(=O)O)CCOCC1. The first-order valence-corrected chi connectivity index (χ1v) is 8.26. The van der Waals surface area contributed by atoms with Gasteiger partial charge in [0.1, 0.15) is 6.04 Å². The summed E-state index contributed by atoms with van der Waals surface area (Å²) in [4.78, 5) is 36.1. The molecule has 8 heteroatoms. The molecule has 3 N–H and O–H groups in total. The van der Waals surface area contributed by atoms with Gasteiger partial charge >= 0.3 is 5.97 Å². The molecule has 0 aromatic carbocycles. The molecule has 0 saturated carbocycles. The number of carboxylic acid groups (broad SMARTS) is 1. The summed E-state index contributed by atoms with van der Waals surface area (Å²) in [5.41, 5.74) is -0.995. The minimum absolute atomic E-state index is 0.0315. The highest BCUT2D eigenvalue weighted by molar-refractivity contribution is 7.12. The van der Waals surface area contributed by atoms with Crippen molar-refractivity contribution in [3.05, 3.63) is 22.4 Å². The van der Waals surface area contributed by atoms with Crippen LogP contribution in [-0.4, -0.2) is 48.7 Å². The first-order chi connectivity index (χ1) is 10.9. The Morgan fingerprint density at radius 3 is 2.65 bits per heavy atom. The van der Waals surface area contributed by atoms with E-state index in [0.29, 0.717) is 30.9 Å². The van der Waals surface area contributed by atoms with Crippen LogP contribution in [0.2, 0.25) is 0 Å². The molecule has 0 radical (unpaired) electrons. The van der Waals surface area contributed by atoms with E-state index in [2.05, 4.69) is 10.6 Å². The summed E-state index contributed by atoms with van der Waals surface area (Å²) < 4.78 is 5.19. The molecular formula is C15H20N2O5S. The first-order valence-electron chi connectivity index (χ1n) is 7.38. The van der Waals surface area contributed by atoms with Crippen molar-refractivity contribution >= 4 is 29.1 Å². The van der Waals surface area contributed by atoms with Crippen LogP contribution in [0.4, 0.5) is 0 Å². The first kappa shape index (κ1) is 17.4. The third-order valence-corrected chi connectivity index (χ3v) is 4.86. The highest BCUT2D eigenvalue weighted by Crippen LogP contribution is 2.30. The Bertz CT molecular complexity index is 566. The van der Waals surface area contributed by atoms with Crippen molar-refractivity contribution < 1.29 is 24.2 Å². The van der Waals surface area contributed by atoms with Crippen molar-refractivity contribution in [1.82, 2.24) is 10.6 Å². The van der Waals surface area contributed by atoms with Gasteiger partial charge in [-0.2, -0.15) is 0 Å². The Labute approximate surface area is 138 Å². The third-order valence-electron chi connectivity index (χ3n) is 3.99. The van der Waals surface area contributed by atoms with Gasteiger partial charge in [0.2, 0.25) is 5.91 Å². The predicted octanol–water partition coefficient (Wildman–Crippen LogP) is 0.864. The van der Waals surface area contributed by atoms with Crippen LogP contribution in [0.1, 0.15) is 29.4 Å². The topological polar surface area (TPSA) is 105 Å². The highest BCUT2D eigenvalue weighted by Gasteiger charge is 2.40. The second-order valence-corrected chi connectivity index (χ2v) is 6.54. The van der Waals surface area contributed by atoms with E-state index < -0.39 is 23.3 Å². The second kappa shape index (κ2) is 7.56. The summed E-state index contributed by atoms with van der Waals surface area (Å²) in [5, 5.41) is 16.5. The molecule has 1 aromatic heterocycles. The lowest BCUT2D eigenvalue weighted by molar-refractivity contribution is -0.154. The van der Waals surface area contributed by atoms with Gasteiger partial charge in [-0.25, -0.2) is 0 Å². The minimum Gasteiger partial charge on any atom is -0.481 e. The van der Waals surface area contributed by atoms with Crippen molar-refractivity contribution in [3.8, 4) is 0 Å². The predicted molar refractivity (Wildman–Crippen MR) is 84.4 cm³/mol. The maximum atomic E-state index is 12.1. The Hall–Kier alpha value is -1.93.